The lowest BCUT2D eigenvalue weighted by Gasteiger charge is -2.59. The first-order chi connectivity index (χ1) is 18.0. The molecular weight excluding hydrogens is 484 g/mol. The Bertz CT molecular complexity index is 1250. The Kier molecular flexibility index (Phi) is 5.96. The highest BCUT2D eigenvalue weighted by atomic mass is 16.7. The van der Waals surface area contributed by atoms with Crippen LogP contribution >= 0.6 is 0 Å². The SMILES string of the molecule is CC(=O)Cc1ccc([C@H]2O[C@H]3C[C@@H]4[C@H]5CCC6=CC(=O)C=C[C@@]6(C)[C@@H]5[C@H](O)C[C@@]4(C)[C@@]3(C(=O)CO)O2)cc1. The molecule has 7 nitrogen and oxygen atoms in total. The van der Waals surface area contributed by atoms with E-state index in [1.54, 1.807) is 19.1 Å². The van der Waals surface area contributed by atoms with Crippen LogP contribution in [0, 0.1) is 28.6 Å². The summed E-state index contributed by atoms with van der Waals surface area (Å²) in [4.78, 5) is 37.2. The van der Waals surface area contributed by atoms with Gasteiger partial charge in [-0.25, -0.2) is 0 Å². The van der Waals surface area contributed by atoms with Gasteiger partial charge in [0.25, 0.3) is 0 Å². The summed E-state index contributed by atoms with van der Waals surface area (Å²) in [7, 11) is 0. The summed E-state index contributed by atoms with van der Waals surface area (Å²) in [6, 6.07) is 7.46. The van der Waals surface area contributed by atoms with Crippen LogP contribution in [0.3, 0.4) is 0 Å². The third-order valence-corrected chi connectivity index (χ3v) is 10.5. The van der Waals surface area contributed by atoms with Crippen molar-refractivity contribution in [3.05, 3.63) is 59.2 Å². The number of hydrogen-bond donors (Lipinski definition) is 2. The smallest absolute Gasteiger partial charge is 0.193 e. The number of ether oxygens (including phenoxy) is 2. The van der Waals surface area contributed by atoms with Gasteiger partial charge in [0.15, 0.2) is 23.5 Å². The second-order valence-corrected chi connectivity index (χ2v) is 12.5. The van der Waals surface area contributed by atoms with Crippen LogP contribution < -0.4 is 0 Å². The van der Waals surface area contributed by atoms with Crippen molar-refractivity contribution in [3.63, 3.8) is 0 Å². The third kappa shape index (κ3) is 3.45. The van der Waals surface area contributed by atoms with Gasteiger partial charge in [0.2, 0.25) is 0 Å². The minimum Gasteiger partial charge on any atom is -0.393 e. The van der Waals surface area contributed by atoms with Crippen LogP contribution in [-0.4, -0.2) is 52.0 Å². The van der Waals surface area contributed by atoms with Crippen LogP contribution in [0.5, 0.6) is 0 Å². The molecule has 1 aromatic rings. The topological polar surface area (TPSA) is 110 Å². The Hall–Kier alpha value is -2.45. The number of aliphatic hydroxyl groups excluding tert-OH is 2. The number of benzene rings is 1. The highest BCUT2D eigenvalue weighted by Gasteiger charge is 2.75. The molecule has 6 rings (SSSR count). The van der Waals surface area contributed by atoms with Crippen molar-refractivity contribution < 1.29 is 34.1 Å². The van der Waals surface area contributed by atoms with Gasteiger partial charge in [-0.2, -0.15) is 0 Å². The normalized spacial score (nSPS) is 43.1. The lowest BCUT2D eigenvalue weighted by Crippen LogP contribution is -2.63. The number of allylic oxidation sites excluding steroid dienone is 4. The molecule has 1 aliphatic heterocycles. The lowest BCUT2D eigenvalue weighted by atomic mass is 9.46. The van der Waals surface area contributed by atoms with E-state index in [0.29, 0.717) is 19.3 Å². The molecule has 3 saturated carbocycles. The zero-order valence-electron chi connectivity index (χ0n) is 22.2. The molecule has 4 aliphatic carbocycles. The van der Waals surface area contributed by atoms with E-state index in [9.17, 15) is 24.6 Å². The van der Waals surface area contributed by atoms with Crippen molar-refractivity contribution in [2.45, 2.75) is 77.0 Å². The van der Waals surface area contributed by atoms with E-state index in [1.807, 2.05) is 37.3 Å². The van der Waals surface area contributed by atoms with Crippen LogP contribution in [0.15, 0.2) is 48.1 Å². The number of carbonyl (C=O) groups excluding carboxylic acids is 3. The molecule has 0 unspecified atom stereocenters. The van der Waals surface area contributed by atoms with E-state index >= 15 is 0 Å². The van der Waals surface area contributed by atoms with E-state index < -0.39 is 47.3 Å². The standard InChI is InChI=1S/C31H36O7/c1-17(33)12-18-4-6-19(7-5-18)28-37-26-14-23-22-9-8-20-13-21(34)10-11-29(20,2)27(22)24(35)15-30(23,3)31(26,38-28)25(36)16-32/h4-7,10-11,13,22-24,26-28,32,35H,8-9,12,14-16H2,1-3H3/t22-,23-,24-,26+,27+,28+,29-,30-,31+/m1/s1. The van der Waals surface area contributed by atoms with Gasteiger partial charge >= 0.3 is 0 Å². The van der Waals surface area contributed by atoms with Crippen molar-refractivity contribution in [2.24, 2.45) is 28.6 Å². The fourth-order valence-corrected chi connectivity index (χ4v) is 8.91. The first-order valence-corrected chi connectivity index (χ1v) is 13.7. The molecule has 1 saturated heterocycles. The quantitative estimate of drug-likeness (QED) is 0.612. The zero-order valence-corrected chi connectivity index (χ0v) is 22.2. The van der Waals surface area contributed by atoms with Crippen molar-refractivity contribution in [1.29, 1.82) is 0 Å². The van der Waals surface area contributed by atoms with E-state index in [4.69, 9.17) is 9.47 Å². The molecule has 1 heterocycles. The summed E-state index contributed by atoms with van der Waals surface area (Å²) in [6.45, 7) is 5.04. The number of hydrogen-bond acceptors (Lipinski definition) is 7. The highest BCUT2D eigenvalue weighted by Crippen LogP contribution is 2.70. The van der Waals surface area contributed by atoms with Crippen LogP contribution in [-0.2, 0) is 30.3 Å². The molecule has 5 aliphatic rings. The number of ketones is 3. The maximum atomic E-state index is 13.6. The Labute approximate surface area is 222 Å². The second kappa shape index (κ2) is 8.78. The van der Waals surface area contributed by atoms with Crippen LogP contribution in [0.25, 0.3) is 0 Å². The van der Waals surface area contributed by atoms with E-state index in [-0.39, 0.29) is 29.3 Å². The zero-order chi connectivity index (χ0) is 27.0. The number of aliphatic hydroxyl groups is 2. The van der Waals surface area contributed by atoms with E-state index in [2.05, 4.69) is 6.92 Å². The maximum absolute atomic E-state index is 13.6. The van der Waals surface area contributed by atoms with Crippen LogP contribution in [0.4, 0.5) is 0 Å². The molecular formula is C31H36O7. The Morgan fingerprint density at radius 1 is 1.16 bits per heavy atom. The van der Waals surface area contributed by atoms with E-state index in [0.717, 1.165) is 29.5 Å². The highest BCUT2D eigenvalue weighted by molar-refractivity contribution is 6.01. The first-order valence-electron chi connectivity index (χ1n) is 13.7. The summed E-state index contributed by atoms with van der Waals surface area (Å²) < 4.78 is 13.1. The molecule has 38 heavy (non-hydrogen) atoms. The van der Waals surface area contributed by atoms with Gasteiger partial charge in [0.05, 0.1) is 12.2 Å². The van der Waals surface area contributed by atoms with Gasteiger partial charge < -0.3 is 19.7 Å². The van der Waals surface area contributed by atoms with Gasteiger partial charge in [-0.1, -0.05) is 49.8 Å². The number of rotatable bonds is 5. The minimum atomic E-state index is -1.36. The van der Waals surface area contributed by atoms with Crippen molar-refractivity contribution >= 4 is 17.3 Å². The molecule has 202 valence electrons. The monoisotopic (exact) mass is 520 g/mol. The second-order valence-electron chi connectivity index (χ2n) is 12.5. The van der Waals surface area contributed by atoms with Crippen molar-refractivity contribution in [2.75, 3.05) is 6.61 Å². The predicted molar refractivity (Wildman–Crippen MR) is 138 cm³/mol. The molecule has 2 N–H and O–H groups in total. The summed E-state index contributed by atoms with van der Waals surface area (Å²) in [5, 5.41) is 21.8. The molecule has 0 amide bonds. The minimum absolute atomic E-state index is 0.00359. The average molecular weight is 521 g/mol. The Morgan fingerprint density at radius 2 is 1.89 bits per heavy atom. The summed E-state index contributed by atoms with van der Waals surface area (Å²) >= 11 is 0. The molecule has 7 heteroatoms. The summed E-state index contributed by atoms with van der Waals surface area (Å²) in [6.07, 6.45) is 6.18. The number of carbonyl (C=O) groups is 3. The molecule has 0 radical (unpaired) electrons. The van der Waals surface area contributed by atoms with E-state index in [1.165, 1.54) is 0 Å². The Balaban J connectivity index is 1.34. The largest absolute Gasteiger partial charge is 0.393 e. The first kappa shape index (κ1) is 25.8. The summed E-state index contributed by atoms with van der Waals surface area (Å²) in [5.41, 5.74) is 0.225. The molecule has 0 aromatic heterocycles. The van der Waals surface area contributed by atoms with Gasteiger partial charge in [0, 0.05) is 28.7 Å². The maximum Gasteiger partial charge on any atom is 0.193 e. The third-order valence-electron chi connectivity index (χ3n) is 10.5. The number of fused-ring (bicyclic) bond motifs is 7. The number of Topliss-reactive ketones (excluding diaryl/α,β-unsaturated/α-hetero) is 2. The molecule has 1 aromatic carbocycles. The van der Waals surface area contributed by atoms with Crippen molar-refractivity contribution in [1.82, 2.24) is 0 Å². The molecule has 9 atom stereocenters. The van der Waals surface area contributed by atoms with Crippen LogP contribution in [0.1, 0.15) is 63.9 Å². The molecule has 0 spiro atoms. The predicted octanol–water partition coefficient (Wildman–Crippen LogP) is 3.42. The van der Waals surface area contributed by atoms with Gasteiger partial charge in [-0.15, -0.1) is 0 Å². The van der Waals surface area contributed by atoms with Gasteiger partial charge in [-0.05, 0) is 62.2 Å². The molecule has 4 fully saturated rings. The summed E-state index contributed by atoms with van der Waals surface area (Å²) in [5.74, 6) is -0.227. The van der Waals surface area contributed by atoms with Gasteiger partial charge in [0.1, 0.15) is 12.4 Å². The average Bonchev–Trinajstić information content (AvgIpc) is 3.37. The Morgan fingerprint density at radius 3 is 2.58 bits per heavy atom. The van der Waals surface area contributed by atoms with Gasteiger partial charge in [-0.3, -0.25) is 14.4 Å². The fraction of sp³-hybridized carbons (Fsp3) is 0.581. The molecule has 0 bridgehead atoms. The fourth-order valence-electron chi connectivity index (χ4n) is 8.91. The van der Waals surface area contributed by atoms with Crippen molar-refractivity contribution in [3.8, 4) is 0 Å². The lowest BCUT2D eigenvalue weighted by molar-refractivity contribution is -0.201. The van der Waals surface area contributed by atoms with Crippen LogP contribution in [0.2, 0.25) is 0 Å².